The molecule has 9 heavy (non-hydrogen) atoms. The molecule has 0 spiro atoms. The number of rotatable bonds is 0. The zero-order valence-corrected chi connectivity index (χ0v) is 4.65. The lowest BCUT2D eigenvalue weighted by Crippen LogP contribution is -2.28. The Hall–Kier alpha value is -1.56. The molecular formula is C6H5N2O+. The van der Waals surface area contributed by atoms with Crippen molar-refractivity contribution in [2.45, 2.75) is 0 Å². The molecule has 44 valence electrons. The fourth-order valence-electron chi connectivity index (χ4n) is 0.530. The molecule has 3 heteroatoms. The molecule has 1 heterocycles. The van der Waals surface area contributed by atoms with Crippen molar-refractivity contribution >= 4 is 0 Å². The molecule has 1 rings (SSSR count). The molecule has 1 aromatic heterocycles. The van der Waals surface area contributed by atoms with Crippen LogP contribution in [-0.4, -0.2) is 5.21 Å². The summed E-state index contributed by atoms with van der Waals surface area (Å²) in [5.41, 5.74) is 0.444. The second kappa shape index (κ2) is 2.14. The second-order valence-corrected chi connectivity index (χ2v) is 1.58. The molecule has 1 N–H and O–H groups in total. The van der Waals surface area contributed by atoms with Crippen LogP contribution in [0, 0.1) is 11.3 Å². The van der Waals surface area contributed by atoms with Crippen molar-refractivity contribution in [1.29, 1.82) is 5.26 Å². The van der Waals surface area contributed by atoms with Crippen LogP contribution < -0.4 is 4.73 Å². The summed E-state index contributed by atoms with van der Waals surface area (Å²) in [4.78, 5) is 0. The van der Waals surface area contributed by atoms with Gasteiger partial charge in [-0.2, -0.15) is 5.26 Å². The van der Waals surface area contributed by atoms with E-state index >= 15 is 0 Å². The topological polar surface area (TPSA) is 47.9 Å². The minimum Gasteiger partial charge on any atom is -0.285 e. The number of nitriles is 1. The van der Waals surface area contributed by atoms with Gasteiger partial charge in [-0.25, -0.2) is 0 Å². The summed E-state index contributed by atoms with van der Waals surface area (Å²) in [5, 5.41) is 17.0. The Morgan fingerprint density at radius 3 is 2.89 bits per heavy atom. The largest absolute Gasteiger partial charge is 0.285 e. The molecule has 0 unspecified atom stereocenters. The van der Waals surface area contributed by atoms with Crippen LogP contribution in [0.3, 0.4) is 0 Å². The molecule has 0 saturated carbocycles. The van der Waals surface area contributed by atoms with Gasteiger partial charge in [0.25, 0.3) is 0 Å². The highest BCUT2D eigenvalue weighted by atomic mass is 16.5. The minimum absolute atomic E-state index is 0.444. The Balaban J connectivity index is 3.12. The molecule has 0 fully saturated rings. The van der Waals surface area contributed by atoms with E-state index in [4.69, 9.17) is 10.5 Å². The van der Waals surface area contributed by atoms with Crippen molar-refractivity contribution in [2.24, 2.45) is 0 Å². The smallest absolute Gasteiger partial charge is 0.239 e. The van der Waals surface area contributed by atoms with Crippen molar-refractivity contribution < 1.29 is 9.94 Å². The van der Waals surface area contributed by atoms with Crippen LogP contribution >= 0.6 is 0 Å². The summed E-state index contributed by atoms with van der Waals surface area (Å²) in [5.74, 6) is 0. The molecule has 0 saturated heterocycles. The normalized spacial score (nSPS) is 8.33. The maximum Gasteiger partial charge on any atom is 0.239 e. The molecule has 0 aliphatic carbocycles. The van der Waals surface area contributed by atoms with E-state index in [1.54, 1.807) is 12.1 Å². The van der Waals surface area contributed by atoms with E-state index in [1.165, 1.54) is 12.4 Å². The number of hydrogen-bond donors (Lipinski definition) is 1. The Kier molecular flexibility index (Phi) is 1.32. The zero-order chi connectivity index (χ0) is 6.69. The third kappa shape index (κ3) is 1.16. The van der Waals surface area contributed by atoms with E-state index in [9.17, 15) is 0 Å². The van der Waals surface area contributed by atoms with Crippen LogP contribution in [0.2, 0.25) is 0 Å². The number of nitrogens with zero attached hydrogens (tertiary/aromatic N) is 2. The van der Waals surface area contributed by atoms with Gasteiger partial charge in [-0.15, -0.1) is 0 Å². The zero-order valence-electron chi connectivity index (χ0n) is 4.65. The van der Waals surface area contributed by atoms with Gasteiger partial charge in [-0.1, -0.05) is 0 Å². The summed E-state index contributed by atoms with van der Waals surface area (Å²) in [6, 6.07) is 5.10. The number of aromatic nitrogens is 1. The maximum absolute atomic E-state index is 8.71. The van der Waals surface area contributed by atoms with Gasteiger partial charge in [-0.3, -0.25) is 5.21 Å². The van der Waals surface area contributed by atoms with Crippen LogP contribution in [0.15, 0.2) is 24.5 Å². The second-order valence-electron chi connectivity index (χ2n) is 1.58. The Labute approximate surface area is 52.4 Å². The number of pyridine rings is 1. The monoisotopic (exact) mass is 121 g/mol. The number of hydrogen-bond acceptors (Lipinski definition) is 2. The lowest BCUT2D eigenvalue weighted by molar-refractivity contribution is -0.904. The first-order valence-corrected chi connectivity index (χ1v) is 2.43. The van der Waals surface area contributed by atoms with Crippen molar-refractivity contribution in [1.82, 2.24) is 0 Å². The van der Waals surface area contributed by atoms with Gasteiger partial charge < -0.3 is 0 Å². The van der Waals surface area contributed by atoms with Crippen molar-refractivity contribution in [3.05, 3.63) is 30.1 Å². The molecule has 0 amide bonds. The van der Waals surface area contributed by atoms with Gasteiger partial charge in [0, 0.05) is 10.8 Å². The highest BCUT2D eigenvalue weighted by Crippen LogP contribution is 1.87. The van der Waals surface area contributed by atoms with E-state index in [2.05, 4.69) is 0 Å². The van der Waals surface area contributed by atoms with Crippen molar-refractivity contribution in [2.75, 3.05) is 0 Å². The van der Waals surface area contributed by atoms with Crippen LogP contribution in [0.1, 0.15) is 5.56 Å². The summed E-state index contributed by atoms with van der Waals surface area (Å²) < 4.78 is 0.846. The SMILES string of the molecule is N#Cc1ccc[n+](O)c1. The van der Waals surface area contributed by atoms with Crippen LogP contribution in [0.4, 0.5) is 0 Å². The van der Waals surface area contributed by atoms with E-state index < -0.39 is 0 Å². The highest BCUT2D eigenvalue weighted by molar-refractivity contribution is 5.21. The fourth-order valence-corrected chi connectivity index (χ4v) is 0.530. The van der Waals surface area contributed by atoms with E-state index in [0.29, 0.717) is 5.56 Å². The molecule has 0 radical (unpaired) electrons. The predicted octanol–water partition coefficient (Wildman–Crippen LogP) is 0.0831. The van der Waals surface area contributed by atoms with Crippen LogP contribution in [0.25, 0.3) is 0 Å². The lowest BCUT2D eigenvalue weighted by Gasteiger charge is -1.80. The molecule has 0 aliphatic heterocycles. The average Bonchev–Trinajstić information content (AvgIpc) is 1.88. The molecule has 1 aromatic rings. The first-order valence-electron chi connectivity index (χ1n) is 2.43. The lowest BCUT2D eigenvalue weighted by atomic mass is 10.3. The summed E-state index contributed by atoms with van der Waals surface area (Å²) >= 11 is 0. The summed E-state index contributed by atoms with van der Waals surface area (Å²) in [6.45, 7) is 0. The fraction of sp³-hybridized carbons (Fsp3) is 0. The average molecular weight is 121 g/mol. The molecule has 0 atom stereocenters. The van der Waals surface area contributed by atoms with E-state index in [-0.39, 0.29) is 0 Å². The Morgan fingerprint density at radius 2 is 2.44 bits per heavy atom. The molecule has 0 bridgehead atoms. The van der Waals surface area contributed by atoms with E-state index in [1.807, 2.05) is 6.07 Å². The third-order valence-electron chi connectivity index (χ3n) is 0.915. The maximum atomic E-state index is 8.71. The Morgan fingerprint density at radius 1 is 1.67 bits per heavy atom. The standard InChI is InChI=1S/C6H5N2O/c7-4-6-2-1-3-8(9)5-6/h1-3,5,9H/q+1. The molecule has 0 aliphatic rings. The Bertz CT molecular complexity index is 251. The molecule has 3 nitrogen and oxygen atoms in total. The quantitative estimate of drug-likeness (QED) is 0.390. The van der Waals surface area contributed by atoms with Gasteiger partial charge in [0.2, 0.25) is 12.4 Å². The third-order valence-corrected chi connectivity index (χ3v) is 0.915. The highest BCUT2D eigenvalue weighted by Gasteiger charge is 1.95. The van der Waals surface area contributed by atoms with Crippen molar-refractivity contribution in [3.8, 4) is 6.07 Å². The first-order chi connectivity index (χ1) is 4.33. The summed E-state index contributed by atoms with van der Waals surface area (Å²) in [7, 11) is 0. The van der Waals surface area contributed by atoms with Crippen LogP contribution in [0.5, 0.6) is 0 Å². The predicted molar refractivity (Wildman–Crippen MR) is 28.5 cm³/mol. The van der Waals surface area contributed by atoms with Gasteiger partial charge in [0.1, 0.15) is 11.6 Å². The molecule has 0 aromatic carbocycles. The van der Waals surface area contributed by atoms with Gasteiger partial charge >= 0.3 is 0 Å². The van der Waals surface area contributed by atoms with Gasteiger partial charge in [0.05, 0.1) is 0 Å². The first kappa shape index (κ1) is 5.57. The summed E-state index contributed by atoms with van der Waals surface area (Å²) in [6.07, 6.45) is 2.78. The minimum atomic E-state index is 0.444. The molecular weight excluding hydrogens is 116 g/mol. The van der Waals surface area contributed by atoms with Gasteiger partial charge in [-0.05, 0) is 6.07 Å². The van der Waals surface area contributed by atoms with Gasteiger partial charge in [0.15, 0.2) is 0 Å². The van der Waals surface area contributed by atoms with E-state index in [0.717, 1.165) is 4.73 Å². The van der Waals surface area contributed by atoms with Crippen LogP contribution in [-0.2, 0) is 0 Å². The van der Waals surface area contributed by atoms with Crippen molar-refractivity contribution in [3.63, 3.8) is 0 Å².